The summed E-state index contributed by atoms with van der Waals surface area (Å²) >= 11 is 0. The van der Waals surface area contributed by atoms with E-state index in [1.165, 1.54) is 0 Å². The summed E-state index contributed by atoms with van der Waals surface area (Å²) in [5, 5.41) is 0. The van der Waals surface area contributed by atoms with Gasteiger partial charge in [-0.25, -0.2) is 0 Å². The second-order valence-corrected chi connectivity index (χ2v) is 2.53. The molecule has 0 aliphatic heterocycles. The average molecular weight is 149 g/mol. The fourth-order valence-electron chi connectivity index (χ4n) is 0.680. The molecule has 1 heterocycles. The van der Waals surface area contributed by atoms with Crippen LogP contribution in [0.5, 0.6) is 0 Å². The van der Waals surface area contributed by atoms with E-state index in [0.717, 1.165) is 11.1 Å². The van der Waals surface area contributed by atoms with Gasteiger partial charge in [0.1, 0.15) is 6.26 Å². The fourth-order valence-corrected chi connectivity index (χ4v) is 0.680. The minimum Gasteiger partial charge on any atom is -0.471 e. The minimum atomic E-state index is -0.0794. The molecule has 11 heavy (non-hydrogen) atoms. The molecule has 1 aromatic heterocycles. The Morgan fingerprint density at radius 3 is 2.73 bits per heavy atom. The summed E-state index contributed by atoms with van der Waals surface area (Å²) in [5.41, 5.74) is 7.43. The third-order valence-electron chi connectivity index (χ3n) is 1.29. The molecule has 0 radical (unpaired) electrons. The van der Waals surface area contributed by atoms with E-state index in [0.29, 0.717) is 0 Å². The Kier molecular flexibility index (Phi) is 2.35. The van der Waals surface area contributed by atoms with Crippen molar-refractivity contribution in [3.8, 4) is 11.8 Å². The lowest BCUT2D eigenvalue weighted by molar-refractivity contribution is 0.565. The zero-order chi connectivity index (χ0) is 8.27. The van der Waals surface area contributed by atoms with E-state index in [9.17, 15) is 0 Å². The first-order valence-corrected chi connectivity index (χ1v) is 3.50. The number of furan rings is 1. The van der Waals surface area contributed by atoms with Crippen LogP contribution in [0.25, 0.3) is 0 Å². The van der Waals surface area contributed by atoms with Crippen molar-refractivity contribution in [3.05, 3.63) is 23.7 Å². The van der Waals surface area contributed by atoms with Crippen molar-refractivity contribution in [1.29, 1.82) is 0 Å². The lowest BCUT2D eigenvalue weighted by atomic mass is 10.2. The number of rotatable bonds is 0. The molecule has 0 amide bonds. The second-order valence-electron chi connectivity index (χ2n) is 2.53. The van der Waals surface area contributed by atoms with Crippen molar-refractivity contribution in [2.75, 3.05) is 0 Å². The van der Waals surface area contributed by atoms with Gasteiger partial charge in [-0.2, -0.15) is 0 Å². The SMILES string of the molecule is Cc1cocc1C#CC(C)N. The van der Waals surface area contributed by atoms with Gasteiger partial charge in [-0.05, 0) is 13.8 Å². The van der Waals surface area contributed by atoms with E-state index in [4.69, 9.17) is 10.2 Å². The first-order valence-electron chi connectivity index (χ1n) is 3.50. The van der Waals surface area contributed by atoms with E-state index in [2.05, 4.69) is 11.8 Å². The molecule has 2 nitrogen and oxygen atoms in total. The summed E-state index contributed by atoms with van der Waals surface area (Å²) in [7, 11) is 0. The number of nitrogens with two attached hydrogens (primary N) is 1. The highest BCUT2D eigenvalue weighted by Gasteiger charge is 1.94. The van der Waals surface area contributed by atoms with Crippen LogP contribution in [-0.2, 0) is 0 Å². The van der Waals surface area contributed by atoms with Crippen LogP contribution in [0.2, 0.25) is 0 Å². The van der Waals surface area contributed by atoms with Gasteiger partial charge in [0.05, 0.1) is 17.9 Å². The zero-order valence-electron chi connectivity index (χ0n) is 6.72. The molecule has 0 saturated carbocycles. The molecule has 0 aliphatic carbocycles. The highest BCUT2D eigenvalue weighted by atomic mass is 16.3. The fraction of sp³-hybridized carbons (Fsp3) is 0.333. The Morgan fingerprint density at radius 1 is 1.55 bits per heavy atom. The normalized spacial score (nSPS) is 11.9. The molecule has 1 aromatic rings. The number of aryl methyl sites for hydroxylation is 1. The Balaban J connectivity index is 2.81. The largest absolute Gasteiger partial charge is 0.471 e. The molecular weight excluding hydrogens is 138 g/mol. The van der Waals surface area contributed by atoms with Crippen molar-refractivity contribution in [2.24, 2.45) is 5.73 Å². The zero-order valence-corrected chi connectivity index (χ0v) is 6.72. The quantitative estimate of drug-likeness (QED) is 0.564. The Morgan fingerprint density at radius 2 is 2.27 bits per heavy atom. The Bertz CT molecular complexity index is 288. The first-order chi connectivity index (χ1) is 5.20. The molecule has 58 valence electrons. The highest BCUT2D eigenvalue weighted by Crippen LogP contribution is 2.05. The summed E-state index contributed by atoms with van der Waals surface area (Å²) in [5.74, 6) is 5.78. The third-order valence-corrected chi connectivity index (χ3v) is 1.29. The maximum absolute atomic E-state index is 5.45. The number of hydrogen-bond acceptors (Lipinski definition) is 2. The second kappa shape index (κ2) is 3.27. The van der Waals surface area contributed by atoms with E-state index in [-0.39, 0.29) is 6.04 Å². The van der Waals surface area contributed by atoms with Crippen molar-refractivity contribution >= 4 is 0 Å². The molecule has 0 bridgehead atoms. The molecule has 2 heteroatoms. The number of hydrogen-bond donors (Lipinski definition) is 1. The topological polar surface area (TPSA) is 39.2 Å². The average Bonchev–Trinajstić information content (AvgIpc) is 2.31. The first kappa shape index (κ1) is 7.90. The van der Waals surface area contributed by atoms with Gasteiger partial charge >= 0.3 is 0 Å². The molecule has 1 rings (SSSR count). The van der Waals surface area contributed by atoms with Gasteiger partial charge in [-0.1, -0.05) is 11.8 Å². The van der Waals surface area contributed by atoms with Crippen LogP contribution in [0.15, 0.2) is 16.9 Å². The van der Waals surface area contributed by atoms with Gasteiger partial charge in [0, 0.05) is 5.56 Å². The molecule has 0 aromatic carbocycles. The van der Waals surface area contributed by atoms with Crippen LogP contribution >= 0.6 is 0 Å². The Hall–Kier alpha value is -1.20. The summed E-state index contributed by atoms with van der Waals surface area (Å²) in [6, 6.07) is -0.0794. The van der Waals surface area contributed by atoms with Crippen LogP contribution in [0.3, 0.4) is 0 Å². The van der Waals surface area contributed by atoms with Crippen LogP contribution in [0.4, 0.5) is 0 Å². The smallest absolute Gasteiger partial charge is 0.106 e. The molecule has 0 spiro atoms. The molecular formula is C9H11NO. The predicted molar refractivity (Wildman–Crippen MR) is 44.0 cm³/mol. The van der Waals surface area contributed by atoms with E-state index in [1.54, 1.807) is 12.5 Å². The van der Waals surface area contributed by atoms with E-state index in [1.807, 2.05) is 13.8 Å². The van der Waals surface area contributed by atoms with Crippen LogP contribution in [0, 0.1) is 18.8 Å². The summed E-state index contributed by atoms with van der Waals surface area (Å²) in [4.78, 5) is 0. The molecule has 0 aliphatic rings. The molecule has 1 unspecified atom stereocenters. The van der Waals surface area contributed by atoms with Gasteiger partial charge in [0.25, 0.3) is 0 Å². The van der Waals surface area contributed by atoms with E-state index < -0.39 is 0 Å². The monoisotopic (exact) mass is 149 g/mol. The molecule has 1 atom stereocenters. The van der Waals surface area contributed by atoms with Crippen molar-refractivity contribution in [3.63, 3.8) is 0 Å². The summed E-state index contributed by atoms with van der Waals surface area (Å²) < 4.78 is 4.93. The van der Waals surface area contributed by atoms with Crippen molar-refractivity contribution < 1.29 is 4.42 Å². The van der Waals surface area contributed by atoms with Gasteiger partial charge in [-0.15, -0.1) is 0 Å². The lowest BCUT2D eigenvalue weighted by Crippen LogP contribution is -2.10. The Labute approximate surface area is 66.4 Å². The maximum atomic E-state index is 5.45. The predicted octanol–water partition coefficient (Wildman–Crippen LogP) is 1.29. The highest BCUT2D eigenvalue weighted by molar-refractivity contribution is 5.37. The molecule has 0 saturated heterocycles. The van der Waals surface area contributed by atoms with Crippen molar-refractivity contribution in [1.82, 2.24) is 0 Å². The standard InChI is InChI=1S/C9H11NO/c1-7-5-11-6-9(7)4-3-8(2)10/h5-6,8H,10H2,1-2H3. The van der Waals surface area contributed by atoms with Crippen LogP contribution in [-0.4, -0.2) is 6.04 Å². The van der Waals surface area contributed by atoms with E-state index >= 15 is 0 Å². The summed E-state index contributed by atoms with van der Waals surface area (Å²) in [6.45, 7) is 3.80. The van der Waals surface area contributed by atoms with Gasteiger partial charge in [0.2, 0.25) is 0 Å². The van der Waals surface area contributed by atoms with Crippen LogP contribution < -0.4 is 5.73 Å². The van der Waals surface area contributed by atoms with Gasteiger partial charge in [0.15, 0.2) is 0 Å². The molecule has 0 fully saturated rings. The summed E-state index contributed by atoms with van der Waals surface area (Å²) in [6.07, 6.45) is 3.30. The van der Waals surface area contributed by atoms with Crippen molar-refractivity contribution in [2.45, 2.75) is 19.9 Å². The lowest BCUT2D eigenvalue weighted by Gasteiger charge is -1.87. The van der Waals surface area contributed by atoms with Gasteiger partial charge in [-0.3, -0.25) is 0 Å². The maximum Gasteiger partial charge on any atom is 0.106 e. The third kappa shape index (κ3) is 2.14. The van der Waals surface area contributed by atoms with Gasteiger partial charge < -0.3 is 10.2 Å². The molecule has 2 N–H and O–H groups in total. The van der Waals surface area contributed by atoms with Crippen LogP contribution in [0.1, 0.15) is 18.1 Å². The minimum absolute atomic E-state index is 0.0794.